The molecule has 0 fully saturated rings. The molecule has 1 amide bonds. The average molecular weight is 422 g/mol. The van der Waals surface area contributed by atoms with Crippen LogP contribution < -0.4 is 10.9 Å². The number of carbonyl (C=O) groups is 1. The van der Waals surface area contributed by atoms with Crippen LogP contribution in [-0.4, -0.2) is 41.2 Å². The van der Waals surface area contributed by atoms with Crippen LogP contribution in [0.25, 0.3) is 0 Å². The zero-order valence-corrected chi connectivity index (χ0v) is 17.1. The highest BCUT2D eigenvalue weighted by Gasteiger charge is 2.22. The van der Waals surface area contributed by atoms with Gasteiger partial charge in [0.2, 0.25) is 15.9 Å². The fourth-order valence-corrected chi connectivity index (χ4v) is 4.18. The van der Waals surface area contributed by atoms with Gasteiger partial charge in [0.1, 0.15) is 6.54 Å². The molecule has 2 rings (SSSR count). The van der Waals surface area contributed by atoms with Gasteiger partial charge in [-0.05, 0) is 18.6 Å². The number of nitro benzene ring substituents is 1. The number of non-ortho nitro benzene ring substituents is 1. The van der Waals surface area contributed by atoms with Crippen molar-refractivity contribution in [3.8, 4) is 0 Å². The quantitative estimate of drug-likeness (QED) is 0.509. The molecule has 2 aromatic rings. The van der Waals surface area contributed by atoms with Crippen LogP contribution in [0.1, 0.15) is 19.4 Å². The number of aromatic nitrogens is 1. The molecule has 0 unspecified atom stereocenters. The number of pyridine rings is 1. The van der Waals surface area contributed by atoms with Crippen molar-refractivity contribution in [2.75, 3.05) is 18.4 Å². The average Bonchev–Trinajstić information content (AvgIpc) is 2.65. The van der Waals surface area contributed by atoms with Crippen molar-refractivity contribution in [2.24, 2.45) is 0 Å². The normalized spacial score (nSPS) is 11.4. The van der Waals surface area contributed by atoms with Crippen molar-refractivity contribution >= 4 is 27.3 Å². The molecular weight excluding hydrogens is 400 g/mol. The van der Waals surface area contributed by atoms with Crippen LogP contribution in [0.5, 0.6) is 0 Å². The lowest BCUT2D eigenvalue weighted by molar-refractivity contribution is -0.384. The van der Waals surface area contributed by atoms with E-state index in [4.69, 9.17) is 0 Å². The van der Waals surface area contributed by atoms with Crippen LogP contribution in [0.4, 0.5) is 11.4 Å². The highest BCUT2D eigenvalue weighted by atomic mass is 32.2. The van der Waals surface area contributed by atoms with Crippen molar-refractivity contribution in [3.05, 3.63) is 62.6 Å². The van der Waals surface area contributed by atoms with Gasteiger partial charge in [-0.1, -0.05) is 19.9 Å². The zero-order valence-electron chi connectivity index (χ0n) is 16.3. The maximum absolute atomic E-state index is 12.6. The maximum Gasteiger partial charge on any atom is 0.271 e. The lowest BCUT2D eigenvalue weighted by Gasteiger charge is -2.19. The second-order valence-electron chi connectivity index (χ2n) is 6.22. The van der Waals surface area contributed by atoms with Gasteiger partial charge in [-0.15, -0.1) is 0 Å². The second kappa shape index (κ2) is 8.97. The van der Waals surface area contributed by atoms with Crippen molar-refractivity contribution in [1.82, 2.24) is 8.87 Å². The number of carbonyl (C=O) groups excluding carboxylic acids is 1. The van der Waals surface area contributed by atoms with Gasteiger partial charge in [0.15, 0.2) is 0 Å². The summed E-state index contributed by atoms with van der Waals surface area (Å²) in [5.74, 6) is -0.618. The van der Waals surface area contributed by atoms with E-state index >= 15 is 0 Å². The van der Waals surface area contributed by atoms with E-state index in [1.54, 1.807) is 20.8 Å². The summed E-state index contributed by atoms with van der Waals surface area (Å²) in [5.41, 5.74) is 0.114. The number of hydrogen-bond donors (Lipinski definition) is 1. The Morgan fingerprint density at radius 1 is 1.21 bits per heavy atom. The van der Waals surface area contributed by atoms with Gasteiger partial charge >= 0.3 is 0 Å². The Labute approximate surface area is 168 Å². The van der Waals surface area contributed by atoms with E-state index in [9.17, 15) is 28.1 Å². The molecule has 0 aliphatic rings. The van der Waals surface area contributed by atoms with Gasteiger partial charge in [-0.2, -0.15) is 4.31 Å². The SMILES string of the molecule is CCN(CC)S(=O)(=O)c1ccc(=O)n(CC(=O)Nc2cc([N+](=O)[O-])ccc2C)c1. The van der Waals surface area contributed by atoms with E-state index in [1.807, 2.05) is 0 Å². The maximum atomic E-state index is 12.6. The molecule has 156 valence electrons. The third kappa shape index (κ3) is 5.06. The summed E-state index contributed by atoms with van der Waals surface area (Å²) in [6, 6.07) is 6.32. The van der Waals surface area contributed by atoms with Gasteiger partial charge < -0.3 is 9.88 Å². The summed E-state index contributed by atoms with van der Waals surface area (Å²) in [6.07, 6.45) is 1.12. The Bertz CT molecular complexity index is 1090. The van der Waals surface area contributed by atoms with Crippen LogP contribution in [0.2, 0.25) is 0 Å². The van der Waals surface area contributed by atoms with Crippen LogP contribution in [0.15, 0.2) is 46.2 Å². The molecule has 11 heteroatoms. The van der Waals surface area contributed by atoms with E-state index in [0.29, 0.717) is 5.56 Å². The summed E-state index contributed by atoms with van der Waals surface area (Å²) in [6.45, 7) is 5.16. The molecule has 10 nitrogen and oxygen atoms in total. The molecule has 1 N–H and O–H groups in total. The van der Waals surface area contributed by atoms with Crippen molar-refractivity contribution in [3.63, 3.8) is 0 Å². The molecule has 1 aromatic carbocycles. The number of nitrogens with zero attached hydrogens (tertiary/aromatic N) is 3. The molecule has 0 aliphatic heterocycles. The first-order chi connectivity index (χ1) is 13.6. The van der Waals surface area contributed by atoms with Gasteiger partial charge in [0, 0.05) is 37.5 Å². The van der Waals surface area contributed by atoms with Gasteiger partial charge in [-0.25, -0.2) is 8.42 Å². The van der Waals surface area contributed by atoms with Crippen LogP contribution >= 0.6 is 0 Å². The predicted molar refractivity (Wildman–Crippen MR) is 107 cm³/mol. The number of aryl methyl sites for hydroxylation is 1. The smallest absolute Gasteiger partial charge is 0.271 e. The Kier molecular flexibility index (Phi) is 6.88. The third-order valence-electron chi connectivity index (χ3n) is 4.32. The van der Waals surface area contributed by atoms with Crippen molar-refractivity contribution in [2.45, 2.75) is 32.2 Å². The van der Waals surface area contributed by atoms with E-state index in [2.05, 4.69) is 5.32 Å². The fourth-order valence-electron chi connectivity index (χ4n) is 2.70. The second-order valence-corrected chi connectivity index (χ2v) is 8.16. The molecule has 0 saturated carbocycles. The highest BCUT2D eigenvalue weighted by Crippen LogP contribution is 2.22. The lowest BCUT2D eigenvalue weighted by Crippen LogP contribution is -2.33. The molecule has 1 aromatic heterocycles. The van der Waals surface area contributed by atoms with E-state index in [0.717, 1.165) is 16.8 Å². The standard InChI is InChI=1S/C18H22N4O6S/c1-4-21(5-2)29(27,28)15-8-9-18(24)20(11-15)12-17(23)19-16-10-14(22(25)26)7-6-13(16)3/h6-11H,4-5,12H2,1-3H3,(H,19,23). The van der Waals surface area contributed by atoms with Gasteiger partial charge in [-0.3, -0.25) is 19.7 Å². The van der Waals surface area contributed by atoms with E-state index in [1.165, 1.54) is 28.6 Å². The monoisotopic (exact) mass is 422 g/mol. The molecule has 0 saturated heterocycles. The van der Waals surface area contributed by atoms with Crippen molar-refractivity contribution < 1.29 is 18.1 Å². The first-order valence-electron chi connectivity index (χ1n) is 8.85. The number of nitrogens with one attached hydrogen (secondary N) is 1. The van der Waals surface area contributed by atoms with E-state index in [-0.39, 0.29) is 29.4 Å². The number of rotatable bonds is 8. The summed E-state index contributed by atoms with van der Waals surface area (Å²) in [7, 11) is -3.79. The Balaban J connectivity index is 2.29. The zero-order chi connectivity index (χ0) is 21.8. The molecule has 0 aliphatic carbocycles. The topological polar surface area (TPSA) is 132 Å². The fraction of sp³-hybridized carbons (Fsp3) is 0.333. The number of nitro groups is 1. The van der Waals surface area contributed by atoms with Gasteiger partial charge in [0.25, 0.3) is 11.2 Å². The Morgan fingerprint density at radius 2 is 1.86 bits per heavy atom. The first kappa shape index (κ1) is 22.2. The summed E-state index contributed by atoms with van der Waals surface area (Å²) >= 11 is 0. The molecule has 0 bridgehead atoms. The summed E-state index contributed by atoms with van der Waals surface area (Å²) < 4.78 is 27.5. The van der Waals surface area contributed by atoms with Gasteiger partial charge in [0.05, 0.1) is 15.5 Å². The molecule has 0 atom stereocenters. The third-order valence-corrected chi connectivity index (χ3v) is 6.35. The first-order valence-corrected chi connectivity index (χ1v) is 10.3. The summed E-state index contributed by atoms with van der Waals surface area (Å²) in [5, 5.41) is 13.4. The Hall–Kier alpha value is -3.05. The molecule has 29 heavy (non-hydrogen) atoms. The molecule has 0 spiro atoms. The number of amides is 1. The number of anilines is 1. The largest absolute Gasteiger partial charge is 0.324 e. The Morgan fingerprint density at radius 3 is 2.45 bits per heavy atom. The summed E-state index contributed by atoms with van der Waals surface area (Å²) in [4.78, 5) is 34.7. The van der Waals surface area contributed by atoms with Crippen LogP contribution in [0, 0.1) is 17.0 Å². The van der Waals surface area contributed by atoms with Crippen LogP contribution in [0.3, 0.4) is 0 Å². The highest BCUT2D eigenvalue weighted by molar-refractivity contribution is 7.89. The molecule has 1 heterocycles. The number of benzene rings is 1. The molecular formula is C18H22N4O6S. The number of sulfonamides is 1. The van der Waals surface area contributed by atoms with Crippen LogP contribution in [-0.2, 0) is 21.4 Å². The van der Waals surface area contributed by atoms with E-state index < -0.39 is 33.0 Å². The minimum absolute atomic E-state index is 0.0971. The van der Waals surface area contributed by atoms with Crippen molar-refractivity contribution in [1.29, 1.82) is 0 Å². The lowest BCUT2D eigenvalue weighted by atomic mass is 10.2. The predicted octanol–water partition coefficient (Wildman–Crippen LogP) is 1.73. The minimum atomic E-state index is -3.79. The number of hydrogen-bond acceptors (Lipinski definition) is 6. The minimum Gasteiger partial charge on any atom is -0.324 e. The molecule has 0 radical (unpaired) electrons.